The van der Waals surface area contributed by atoms with Crippen LogP contribution < -0.4 is 10.6 Å². The van der Waals surface area contributed by atoms with E-state index >= 15 is 8.78 Å². The fourth-order valence-electron chi connectivity index (χ4n) is 6.88. The number of amides is 2. The summed E-state index contributed by atoms with van der Waals surface area (Å²) in [4.78, 5) is 26.2. The van der Waals surface area contributed by atoms with Gasteiger partial charge >= 0.3 is 0 Å². The van der Waals surface area contributed by atoms with Crippen LogP contribution in [0.3, 0.4) is 0 Å². The molecule has 6 aromatic carbocycles. The minimum absolute atomic E-state index is 0.0391. The lowest BCUT2D eigenvalue weighted by atomic mass is 9.67. The number of halogens is 2. The fraction of sp³-hybridized carbons (Fsp3) is 0.116. The molecule has 242 valence electrons. The van der Waals surface area contributed by atoms with Crippen LogP contribution >= 0.6 is 0 Å². The van der Waals surface area contributed by atoms with E-state index in [2.05, 4.69) is 10.6 Å². The summed E-state index contributed by atoms with van der Waals surface area (Å²) in [6.07, 6.45) is 0. The molecule has 0 aromatic heterocycles. The van der Waals surface area contributed by atoms with E-state index in [1.54, 1.807) is 48.5 Å². The van der Waals surface area contributed by atoms with Crippen molar-refractivity contribution in [2.45, 2.75) is 33.1 Å². The highest BCUT2D eigenvalue weighted by Crippen LogP contribution is 2.56. The maximum absolute atomic E-state index is 16.1. The molecule has 49 heavy (non-hydrogen) atoms. The van der Waals surface area contributed by atoms with Gasteiger partial charge in [-0.3, -0.25) is 9.59 Å². The molecule has 4 nitrogen and oxygen atoms in total. The number of rotatable bonds is 6. The third-order valence-corrected chi connectivity index (χ3v) is 9.79. The van der Waals surface area contributed by atoms with Gasteiger partial charge in [-0.2, -0.15) is 0 Å². The summed E-state index contributed by atoms with van der Waals surface area (Å²) in [6.45, 7) is 7.78. The summed E-state index contributed by atoms with van der Waals surface area (Å²) < 4.78 is 32.3. The van der Waals surface area contributed by atoms with Crippen LogP contribution in [-0.4, -0.2) is 11.8 Å². The van der Waals surface area contributed by atoms with Gasteiger partial charge in [-0.15, -0.1) is 0 Å². The average Bonchev–Trinajstić information content (AvgIpc) is 3.40. The van der Waals surface area contributed by atoms with Crippen LogP contribution in [0.1, 0.15) is 65.2 Å². The second-order valence-electron chi connectivity index (χ2n) is 12.7. The lowest BCUT2D eigenvalue weighted by Gasteiger charge is -2.34. The van der Waals surface area contributed by atoms with Gasteiger partial charge in [0, 0.05) is 11.1 Å². The molecule has 0 unspecified atom stereocenters. The van der Waals surface area contributed by atoms with Crippen LogP contribution in [0, 0.1) is 39.3 Å². The zero-order valence-corrected chi connectivity index (χ0v) is 27.6. The maximum Gasteiger partial charge on any atom is 0.255 e. The van der Waals surface area contributed by atoms with Gasteiger partial charge in [0.25, 0.3) is 11.8 Å². The molecule has 0 aliphatic heterocycles. The Morgan fingerprint density at radius 1 is 0.490 bits per heavy atom. The molecule has 6 heteroatoms. The molecule has 2 amide bonds. The Morgan fingerprint density at radius 3 is 1.29 bits per heavy atom. The lowest BCUT2D eigenvalue weighted by molar-refractivity contribution is 0.101. The zero-order valence-electron chi connectivity index (χ0n) is 27.6. The van der Waals surface area contributed by atoms with Crippen LogP contribution in [0.15, 0.2) is 121 Å². The number of hydrogen-bond donors (Lipinski definition) is 2. The van der Waals surface area contributed by atoms with Crippen LogP contribution in [0.25, 0.3) is 11.1 Å². The Bertz CT molecular complexity index is 2150. The van der Waals surface area contributed by atoms with Gasteiger partial charge in [0.1, 0.15) is 11.6 Å². The topological polar surface area (TPSA) is 58.2 Å². The third-order valence-electron chi connectivity index (χ3n) is 9.79. The van der Waals surface area contributed by atoms with E-state index in [-0.39, 0.29) is 11.4 Å². The summed E-state index contributed by atoms with van der Waals surface area (Å²) in [6, 6.07) is 36.0. The van der Waals surface area contributed by atoms with Crippen LogP contribution in [-0.2, 0) is 5.41 Å². The fourth-order valence-corrected chi connectivity index (χ4v) is 6.88. The minimum Gasteiger partial charge on any atom is -0.319 e. The van der Waals surface area contributed by atoms with Crippen LogP contribution in [0.2, 0.25) is 0 Å². The molecular weight excluding hydrogens is 614 g/mol. The van der Waals surface area contributed by atoms with Gasteiger partial charge in [-0.05, 0) is 132 Å². The Hall–Kier alpha value is -5.88. The lowest BCUT2D eigenvalue weighted by Crippen LogP contribution is -2.29. The van der Waals surface area contributed by atoms with E-state index in [0.29, 0.717) is 22.3 Å². The van der Waals surface area contributed by atoms with Crippen LogP contribution in [0.4, 0.5) is 20.2 Å². The molecule has 1 aliphatic rings. The van der Waals surface area contributed by atoms with Gasteiger partial charge in [0.05, 0.1) is 16.8 Å². The second-order valence-corrected chi connectivity index (χ2v) is 12.7. The Kier molecular flexibility index (Phi) is 7.95. The maximum atomic E-state index is 16.1. The first-order chi connectivity index (χ1) is 23.6. The van der Waals surface area contributed by atoms with E-state index in [9.17, 15) is 9.59 Å². The molecule has 2 N–H and O–H groups in total. The number of anilines is 2. The van der Waals surface area contributed by atoms with Crippen molar-refractivity contribution in [2.75, 3.05) is 10.6 Å². The number of hydrogen-bond acceptors (Lipinski definition) is 2. The van der Waals surface area contributed by atoms with E-state index in [0.717, 1.165) is 44.5 Å². The number of benzene rings is 6. The first kappa shape index (κ1) is 31.7. The van der Waals surface area contributed by atoms with Crippen LogP contribution in [0.5, 0.6) is 0 Å². The highest BCUT2D eigenvalue weighted by molar-refractivity contribution is 6.05. The number of carbonyl (C=O) groups excluding carboxylic acids is 2. The number of fused-ring (bicyclic) bond motifs is 3. The quantitative estimate of drug-likeness (QED) is 0.189. The molecule has 6 aromatic rings. The summed E-state index contributed by atoms with van der Waals surface area (Å²) in [5.41, 5.74) is 8.68. The number of aryl methyl sites for hydroxylation is 4. The van der Waals surface area contributed by atoms with Crippen molar-refractivity contribution < 1.29 is 18.4 Å². The van der Waals surface area contributed by atoms with Gasteiger partial charge in [0.2, 0.25) is 0 Å². The molecular formula is C43H34F2N2O2. The molecule has 0 saturated heterocycles. The Labute approximate surface area is 284 Å². The molecule has 0 bridgehead atoms. The summed E-state index contributed by atoms with van der Waals surface area (Å²) in [7, 11) is 0. The van der Waals surface area contributed by atoms with E-state index in [4.69, 9.17) is 0 Å². The summed E-state index contributed by atoms with van der Waals surface area (Å²) in [5, 5.41) is 5.44. The van der Waals surface area contributed by atoms with Crippen molar-refractivity contribution in [3.05, 3.63) is 189 Å². The van der Waals surface area contributed by atoms with E-state index in [1.165, 1.54) is 12.1 Å². The predicted molar refractivity (Wildman–Crippen MR) is 191 cm³/mol. The minimum atomic E-state index is -1.10. The number of carbonyl (C=O) groups is 2. The van der Waals surface area contributed by atoms with Gasteiger partial charge in [0.15, 0.2) is 0 Å². The molecule has 7 rings (SSSR count). The van der Waals surface area contributed by atoms with Crippen molar-refractivity contribution in [3.63, 3.8) is 0 Å². The van der Waals surface area contributed by atoms with Crippen molar-refractivity contribution >= 4 is 23.2 Å². The van der Waals surface area contributed by atoms with Crippen molar-refractivity contribution in [2.24, 2.45) is 0 Å². The average molecular weight is 649 g/mol. The first-order valence-corrected chi connectivity index (χ1v) is 16.1. The van der Waals surface area contributed by atoms with Gasteiger partial charge in [-0.1, -0.05) is 72.8 Å². The summed E-state index contributed by atoms with van der Waals surface area (Å²) >= 11 is 0. The van der Waals surface area contributed by atoms with E-state index in [1.807, 2.05) is 88.4 Å². The molecule has 0 saturated carbocycles. The van der Waals surface area contributed by atoms with Gasteiger partial charge < -0.3 is 10.6 Å². The highest BCUT2D eigenvalue weighted by Gasteiger charge is 2.46. The smallest absolute Gasteiger partial charge is 0.255 e. The van der Waals surface area contributed by atoms with Crippen molar-refractivity contribution in [1.82, 2.24) is 0 Å². The van der Waals surface area contributed by atoms with Gasteiger partial charge in [-0.25, -0.2) is 8.78 Å². The van der Waals surface area contributed by atoms with Crippen molar-refractivity contribution in [3.8, 4) is 11.1 Å². The highest BCUT2D eigenvalue weighted by atomic mass is 19.1. The van der Waals surface area contributed by atoms with E-state index < -0.39 is 28.9 Å². The monoisotopic (exact) mass is 648 g/mol. The molecule has 0 atom stereocenters. The molecule has 0 fully saturated rings. The standard InChI is InChI=1S/C43H34F2N2O2/c1-25-13-15-29(21-27(25)3)41(48)46-39-19-17-31(23-37(39)44)43(35-11-7-5-9-33(35)34-10-6-8-12-36(34)43)32-18-20-40(38(45)24-32)47-42(49)30-16-14-26(2)28(4)22-30/h5-24H,1-4H3,(H,46,48)(H,47,49). The molecule has 0 spiro atoms. The molecule has 0 heterocycles. The third kappa shape index (κ3) is 5.39. The zero-order chi connectivity index (χ0) is 34.4. The predicted octanol–water partition coefficient (Wildman–Crippen LogP) is 10.1. The molecule has 0 radical (unpaired) electrons. The summed E-state index contributed by atoms with van der Waals surface area (Å²) in [5.74, 6) is -2.06. The first-order valence-electron chi connectivity index (χ1n) is 16.1. The largest absolute Gasteiger partial charge is 0.319 e. The Morgan fingerprint density at radius 2 is 0.898 bits per heavy atom. The second kappa shape index (κ2) is 12.3. The normalized spacial score (nSPS) is 12.6. The SMILES string of the molecule is Cc1ccc(C(=O)Nc2ccc(C3(c4ccc(NC(=O)c5ccc(C)c(C)c5)c(F)c4)c4ccccc4-c4ccccc43)cc2F)cc1C. The van der Waals surface area contributed by atoms with Crippen molar-refractivity contribution in [1.29, 1.82) is 0 Å². The molecule has 1 aliphatic carbocycles. The number of nitrogens with one attached hydrogen (secondary N) is 2. The Balaban J connectivity index is 1.32.